The highest BCUT2D eigenvalue weighted by Crippen LogP contribution is 2.27. The van der Waals surface area contributed by atoms with Crippen LogP contribution >= 0.6 is 0 Å². The summed E-state index contributed by atoms with van der Waals surface area (Å²) in [5.74, 6) is -0.677. The minimum absolute atomic E-state index is 0.0167. The van der Waals surface area contributed by atoms with Crippen LogP contribution in [0.15, 0.2) is 45.6 Å². The lowest BCUT2D eigenvalue weighted by atomic mass is 9.83. The molecule has 0 saturated heterocycles. The van der Waals surface area contributed by atoms with Crippen molar-refractivity contribution < 1.29 is 19.8 Å². The van der Waals surface area contributed by atoms with Gasteiger partial charge in [-0.05, 0) is 47.0 Å². The van der Waals surface area contributed by atoms with E-state index in [1.54, 1.807) is 6.92 Å². The van der Waals surface area contributed by atoms with Gasteiger partial charge in [-0.3, -0.25) is 9.59 Å². The SMILES string of the molecule is CC(C)=CCCC(C)=CCC1=C(C)C(=O)C(CO)=C(CO)C1=O. The third-order valence-corrected chi connectivity index (χ3v) is 4.04. The molecule has 0 unspecified atom stereocenters. The second-order valence-electron chi connectivity index (χ2n) is 6.11. The molecule has 4 nitrogen and oxygen atoms in total. The smallest absolute Gasteiger partial charge is 0.188 e. The van der Waals surface area contributed by atoms with E-state index in [0.29, 0.717) is 17.6 Å². The van der Waals surface area contributed by atoms with E-state index in [1.165, 1.54) is 5.57 Å². The third kappa shape index (κ3) is 4.85. The van der Waals surface area contributed by atoms with Crippen LogP contribution in [0.3, 0.4) is 0 Å². The molecule has 0 aromatic carbocycles. The largest absolute Gasteiger partial charge is 0.392 e. The Bertz CT molecular complexity index is 611. The van der Waals surface area contributed by atoms with Gasteiger partial charge in [0.1, 0.15) is 0 Å². The summed E-state index contributed by atoms with van der Waals surface area (Å²) in [6.07, 6.45) is 6.36. The molecule has 0 fully saturated rings. The molecule has 0 aromatic heterocycles. The molecule has 0 radical (unpaired) electrons. The molecular weight excluding hydrogens is 292 g/mol. The third-order valence-electron chi connectivity index (χ3n) is 4.04. The van der Waals surface area contributed by atoms with E-state index < -0.39 is 13.2 Å². The van der Waals surface area contributed by atoms with Gasteiger partial charge in [0.2, 0.25) is 0 Å². The average molecular weight is 318 g/mol. The second kappa shape index (κ2) is 8.75. The predicted molar refractivity (Wildman–Crippen MR) is 91.0 cm³/mol. The number of aliphatic hydroxyl groups excluding tert-OH is 2. The zero-order valence-corrected chi connectivity index (χ0v) is 14.4. The van der Waals surface area contributed by atoms with Crippen molar-refractivity contribution in [3.05, 3.63) is 45.6 Å². The first-order chi connectivity index (χ1) is 10.8. The summed E-state index contributed by atoms with van der Waals surface area (Å²) in [5.41, 5.74) is 3.25. The van der Waals surface area contributed by atoms with Gasteiger partial charge in [-0.2, -0.15) is 0 Å². The summed E-state index contributed by atoms with van der Waals surface area (Å²) in [5, 5.41) is 18.6. The van der Waals surface area contributed by atoms with Crippen LogP contribution in [0.4, 0.5) is 0 Å². The van der Waals surface area contributed by atoms with Crippen LogP contribution in [0.25, 0.3) is 0 Å². The number of hydrogen-bond donors (Lipinski definition) is 2. The van der Waals surface area contributed by atoms with Crippen molar-refractivity contribution in [2.75, 3.05) is 13.2 Å². The molecule has 0 aliphatic heterocycles. The van der Waals surface area contributed by atoms with Crippen molar-refractivity contribution in [1.29, 1.82) is 0 Å². The standard InChI is InChI=1S/C19H26O4/c1-12(2)6-5-7-13(3)8-9-15-14(4)18(22)16(10-20)17(11-21)19(15)23/h6,8,20-21H,5,7,9-11H2,1-4H3. The van der Waals surface area contributed by atoms with E-state index in [0.717, 1.165) is 18.4 Å². The Morgan fingerprint density at radius 3 is 2.00 bits per heavy atom. The summed E-state index contributed by atoms with van der Waals surface area (Å²) >= 11 is 0. The number of carbonyl (C=O) groups excluding carboxylic acids is 2. The summed E-state index contributed by atoms with van der Waals surface area (Å²) < 4.78 is 0. The van der Waals surface area contributed by atoms with Gasteiger partial charge in [0.25, 0.3) is 0 Å². The molecule has 0 amide bonds. The summed E-state index contributed by atoms with van der Waals surface area (Å²) in [7, 11) is 0. The van der Waals surface area contributed by atoms with E-state index in [1.807, 2.05) is 13.0 Å². The molecule has 0 atom stereocenters. The maximum atomic E-state index is 12.4. The van der Waals surface area contributed by atoms with Crippen LogP contribution in [-0.2, 0) is 9.59 Å². The maximum Gasteiger partial charge on any atom is 0.188 e. The maximum absolute atomic E-state index is 12.4. The van der Waals surface area contributed by atoms with Gasteiger partial charge in [0, 0.05) is 22.3 Å². The topological polar surface area (TPSA) is 74.6 Å². The Morgan fingerprint density at radius 2 is 1.48 bits per heavy atom. The van der Waals surface area contributed by atoms with Crippen LogP contribution < -0.4 is 0 Å². The molecular formula is C19H26O4. The van der Waals surface area contributed by atoms with E-state index in [9.17, 15) is 19.8 Å². The Balaban J connectivity index is 2.92. The number of Topliss-reactive ketones (excluding diaryl/α,β-unsaturated/α-hetero) is 2. The summed E-state index contributed by atoms with van der Waals surface area (Å²) in [6, 6.07) is 0. The molecule has 23 heavy (non-hydrogen) atoms. The Hall–Kier alpha value is -1.78. The molecule has 0 bridgehead atoms. The fraction of sp³-hybridized carbons (Fsp3) is 0.474. The lowest BCUT2D eigenvalue weighted by molar-refractivity contribution is -0.117. The molecule has 1 aliphatic rings. The molecule has 4 heteroatoms. The number of rotatable bonds is 7. The first-order valence-corrected chi connectivity index (χ1v) is 7.85. The minimum atomic E-state index is -0.527. The molecule has 0 saturated carbocycles. The molecule has 126 valence electrons. The van der Waals surface area contributed by atoms with Gasteiger partial charge in [0.05, 0.1) is 13.2 Å². The first-order valence-electron chi connectivity index (χ1n) is 7.85. The quantitative estimate of drug-likeness (QED) is 0.559. The lowest BCUT2D eigenvalue weighted by Crippen LogP contribution is -2.26. The Kier molecular flexibility index (Phi) is 7.33. The predicted octanol–water partition coefficient (Wildman–Crippen LogP) is 2.82. The van der Waals surface area contributed by atoms with Crippen LogP contribution in [0, 0.1) is 0 Å². The van der Waals surface area contributed by atoms with Gasteiger partial charge >= 0.3 is 0 Å². The second-order valence-corrected chi connectivity index (χ2v) is 6.11. The van der Waals surface area contributed by atoms with Crippen molar-refractivity contribution in [2.24, 2.45) is 0 Å². The fourth-order valence-electron chi connectivity index (χ4n) is 2.54. The summed E-state index contributed by atoms with van der Waals surface area (Å²) in [4.78, 5) is 24.6. The molecule has 0 heterocycles. The van der Waals surface area contributed by atoms with Crippen LogP contribution in [-0.4, -0.2) is 35.0 Å². The number of ketones is 2. The monoisotopic (exact) mass is 318 g/mol. The highest BCUT2D eigenvalue weighted by atomic mass is 16.3. The van der Waals surface area contributed by atoms with E-state index in [-0.39, 0.29) is 22.7 Å². The van der Waals surface area contributed by atoms with Crippen molar-refractivity contribution in [1.82, 2.24) is 0 Å². The molecule has 2 N–H and O–H groups in total. The molecule has 0 aromatic rings. The minimum Gasteiger partial charge on any atom is -0.392 e. The number of aliphatic hydroxyl groups is 2. The lowest BCUT2D eigenvalue weighted by Gasteiger charge is -2.20. The van der Waals surface area contributed by atoms with E-state index in [4.69, 9.17) is 0 Å². The summed E-state index contributed by atoms with van der Waals surface area (Å²) in [6.45, 7) is 6.67. The van der Waals surface area contributed by atoms with Crippen molar-refractivity contribution >= 4 is 11.6 Å². The van der Waals surface area contributed by atoms with Crippen molar-refractivity contribution in [2.45, 2.75) is 47.0 Å². The number of hydrogen-bond acceptors (Lipinski definition) is 4. The van der Waals surface area contributed by atoms with E-state index in [2.05, 4.69) is 19.9 Å². The molecule has 0 spiro atoms. The average Bonchev–Trinajstić information content (AvgIpc) is 2.50. The van der Waals surface area contributed by atoms with Gasteiger partial charge in [-0.25, -0.2) is 0 Å². The zero-order valence-electron chi connectivity index (χ0n) is 14.4. The van der Waals surface area contributed by atoms with Gasteiger partial charge in [0.15, 0.2) is 11.6 Å². The number of carbonyl (C=O) groups is 2. The van der Waals surface area contributed by atoms with Crippen LogP contribution in [0.1, 0.15) is 47.0 Å². The fourth-order valence-corrected chi connectivity index (χ4v) is 2.54. The Labute approximate surface area is 137 Å². The highest BCUT2D eigenvalue weighted by Gasteiger charge is 2.30. The van der Waals surface area contributed by atoms with Gasteiger partial charge < -0.3 is 10.2 Å². The van der Waals surface area contributed by atoms with Crippen LogP contribution in [0.5, 0.6) is 0 Å². The normalized spacial score (nSPS) is 16.3. The molecule has 1 rings (SSSR count). The van der Waals surface area contributed by atoms with Gasteiger partial charge in [-0.15, -0.1) is 0 Å². The van der Waals surface area contributed by atoms with Crippen LogP contribution in [0.2, 0.25) is 0 Å². The highest BCUT2D eigenvalue weighted by molar-refractivity contribution is 6.25. The van der Waals surface area contributed by atoms with Crippen molar-refractivity contribution in [3.8, 4) is 0 Å². The number of allylic oxidation sites excluding steroid dienone is 6. The van der Waals surface area contributed by atoms with Crippen molar-refractivity contribution in [3.63, 3.8) is 0 Å². The van der Waals surface area contributed by atoms with E-state index >= 15 is 0 Å². The Morgan fingerprint density at radius 1 is 0.913 bits per heavy atom. The first kappa shape index (κ1) is 19.3. The van der Waals surface area contributed by atoms with Gasteiger partial charge in [-0.1, -0.05) is 23.3 Å². The molecule has 1 aliphatic carbocycles. The zero-order chi connectivity index (χ0) is 17.6.